The Bertz CT molecular complexity index is 526. The molecule has 0 saturated carbocycles. The highest BCUT2D eigenvalue weighted by atomic mass is 32.1. The first kappa shape index (κ1) is 15.0. The van der Waals surface area contributed by atoms with Gasteiger partial charge in [0.15, 0.2) is 5.11 Å². The lowest BCUT2D eigenvalue weighted by Crippen LogP contribution is -2.45. The molecule has 20 heavy (non-hydrogen) atoms. The monoisotopic (exact) mass is 312 g/mol. The lowest BCUT2D eigenvalue weighted by molar-refractivity contribution is -0.140. The van der Waals surface area contributed by atoms with E-state index in [1.54, 1.807) is 18.4 Å². The van der Waals surface area contributed by atoms with Gasteiger partial charge in [-0.3, -0.25) is 0 Å². The van der Waals surface area contributed by atoms with Gasteiger partial charge in [-0.2, -0.15) is 11.3 Å². The maximum atomic E-state index is 12.2. The van der Waals surface area contributed by atoms with Crippen LogP contribution in [0.1, 0.15) is 18.5 Å². The Hall–Kier alpha value is -1.44. The first-order valence-corrected chi connectivity index (χ1v) is 7.45. The van der Waals surface area contributed by atoms with Gasteiger partial charge in [0, 0.05) is 12.8 Å². The summed E-state index contributed by atoms with van der Waals surface area (Å²) in [6, 6.07) is 1.69. The smallest absolute Gasteiger partial charge is 0.338 e. The van der Waals surface area contributed by atoms with Crippen LogP contribution in [-0.2, 0) is 14.3 Å². The average Bonchev–Trinajstić information content (AvgIpc) is 2.91. The summed E-state index contributed by atoms with van der Waals surface area (Å²) in [5.41, 5.74) is 2.26. The van der Waals surface area contributed by atoms with Gasteiger partial charge >= 0.3 is 5.97 Å². The third-order valence-corrected chi connectivity index (χ3v) is 3.81. The molecule has 0 bridgehead atoms. The number of thiocarbonyl (C=S) groups is 1. The van der Waals surface area contributed by atoms with Gasteiger partial charge in [-0.15, -0.1) is 0 Å². The molecule has 0 spiro atoms. The van der Waals surface area contributed by atoms with Crippen LogP contribution in [-0.4, -0.2) is 31.4 Å². The minimum Gasteiger partial charge on any atom is -0.460 e. The van der Waals surface area contributed by atoms with Crippen LogP contribution in [0.15, 0.2) is 28.1 Å². The number of carbonyl (C=O) groups excluding carboxylic acids is 1. The fraction of sp³-hybridized carbons (Fsp3) is 0.385. The molecular weight excluding hydrogens is 296 g/mol. The topological polar surface area (TPSA) is 59.6 Å². The lowest BCUT2D eigenvalue weighted by atomic mass is 9.98. The van der Waals surface area contributed by atoms with E-state index in [-0.39, 0.29) is 18.6 Å². The number of ether oxygens (including phenoxy) is 2. The maximum absolute atomic E-state index is 12.2. The highest BCUT2D eigenvalue weighted by Crippen LogP contribution is 2.28. The number of methoxy groups -OCH3 is 1. The van der Waals surface area contributed by atoms with Crippen molar-refractivity contribution in [2.24, 2.45) is 0 Å². The predicted octanol–water partition coefficient (Wildman–Crippen LogP) is 1.73. The zero-order chi connectivity index (χ0) is 14.5. The van der Waals surface area contributed by atoms with Crippen molar-refractivity contribution >= 4 is 34.6 Å². The highest BCUT2D eigenvalue weighted by molar-refractivity contribution is 7.80. The average molecular weight is 312 g/mol. The molecule has 7 heteroatoms. The van der Waals surface area contributed by atoms with Crippen LogP contribution in [0, 0.1) is 0 Å². The number of thiophene rings is 1. The van der Waals surface area contributed by atoms with Crippen LogP contribution in [0.3, 0.4) is 0 Å². The zero-order valence-corrected chi connectivity index (χ0v) is 12.9. The summed E-state index contributed by atoms with van der Waals surface area (Å²) in [6.45, 7) is 2.42. The normalized spacial score (nSPS) is 18.5. The Labute approximate surface area is 127 Å². The standard InChI is InChI=1S/C13H16N2O3S2/c1-8-10(12(16)18-5-4-17-2)11(15-13(19)14-8)9-3-6-20-7-9/h3,6-7,11H,4-5H2,1-2H3,(H2,14,15,19). The summed E-state index contributed by atoms with van der Waals surface area (Å²) in [6.07, 6.45) is 0. The van der Waals surface area contributed by atoms with E-state index in [9.17, 15) is 4.79 Å². The lowest BCUT2D eigenvalue weighted by Gasteiger charge is -2.29. The molecule has 2 heterocycles. The first-order chi connectivity index (χ1) is 9.63. The van der Waals surface area contributed by atoms with Crippen LogP contribution in [0.5, 0.6) is 0 Å². The minimum atomic E-state index is -0.363. The predicted molar refractivity (Wildman–Crippen MR) is 81.5 cm³/mol. The van der Waals surface area contributed by atoms with E-state index in [1.807, 2.05) is 23.8 Å². The number of hydrogen-bond donors (Lipinski definition) is 2. The Morgan fingerprint density at radius 3 is 2.95 bits per heavy atom. The van der Waals surface area contributed by atoms with E-state index in [0.717, 1.165) is 5.56 Å². The van der Waals surface area contributed by atoms with Gasteiger partial charge in [-0.25, -0.2) is 4.79 Å². The highest BCUT2D eigenvalue weighted by Gasteiger charge is 2.31. The van der Waals surface area contributed by atoms with Crippen molar-refractivity contribution in [2.45, 2.75) is 13.0 Å². The zero-order valence-electron chi connectivity index (χ0n) is 11.3. The van der Waals surface area contributed by atoms with Gasteiger partial charge in [0.1, 0.15) is 6.61 Å². The molecular formula is C13H16N2O3S2. The van der Waals surface area contributed by atoms with Gasteiger partial charge in [0.25, 0.3) is 0 Å². The van der Waals surface area contributed by atoms with Crippen molar-refractivity contribution in [1.82, 2.24) is 10.6 Å². The number of rotatable bonds is 5. The van der Waals surface area contributed by atoms with Crippen LogP contribution in [0.25, 0.3) is 0 Å². The molecule has 1 unspecified atom stereocenters. The number of esters is 1. The van der Waals surface area contributed by atoms with Gasteiger partial charge < -0.3 is 20.1 Å². The molecule has 0 saturated heterocycles. The summed E-state index contributed by atoms with van der Waals surface area (Å²) in [4.78, 5) is 12.2. The van der Waals surface area contributed by atoms with Crippen LogP contribution >= 0.6 is 23.6 Å². The summed E-state index contributed by atoms with van der Waals surface area (Å²) in [5, 5.41) is 10.5. The summed E-state index contributed by atoms with van der Waals surface area (Å²) >= 11 is 6.73. The van der Waals surface area contributed by atoms with E-state index in [0.29, 0.717) is 23.0 Å². The van der Waals surface area contributed by atoms with E-state index in [1.165, 1.54) is 0 Å². The molecule has 108 valence electrons. The van der Waals surface area contributed by atoms with Gasteiger partial charge in [-0.05, 0) is 41.5 Å². The second-order valence-electron chi connectivity index (χ2n) is 4.26. The second-order valence-corrected chi connectivity index (χ2v) is 5.44. The maximum Gasteiger partial charge on any atom is 0.338 e. The Morgan fingerprint density at radius 1 is 1.50 bits per heavy atom. The third kappa shape index (κ3) is 3.36. The molecule has 0 fully saturated rings. The molecule has 1 aliphatic heterocycles. The number of allylic oxidation sites excluding steroid dienone is 1. The van der Waals surface area contributed by atoms with Crippen molar-refractivity contribution in [1.29, 1.82) is 0 Å². The van der Waals surface area contributed by atoms with E-state index < -0.39 is 0 Å². The van der Waals surface area contributed by atoms with Gasteiger partial charge in [0.2, 0.25) is 0 Å². The van der Waals surface area contributed by atoms with Crippen LogP contribution in [0.2, 0.25) is 0 Å². The number of carbonyl (C=O) groups is 1. The molecule has 5 nitrogen and oxygen atoms in total. The van der Waals surface area contributed by atoms with Crippen molar-refractivity contribution in [2.75, 3.05) is 20.3 Å². The van der Waals surface area contributed by atoms with E-state index in [4.69, 9.17) is 21.7 Å². The molecule has 1 aliphatic rings. The molecule has 0 amide bonds. The Kier molecular flexibility index (Phi) is 5.11. The molecule has 1 atom stereocenters. The van der Waals surface area contributed by atoms with Crippen LogP contribution in [0.4, 0.5) is 0 Å². The fourth-order valence-electron chi connectivity index (χ4n) is 1.95. The van der Waals surface area contributed by atoms with Crippen molar-refractivity contribution in [3.05, 3.63) is 33.7 Å². The molecule has 0 aromatic carbocycles. The van der Waals surface area contributed by atoms with Crippen LogP contribution < -0.4 is 10.6 Å². The van der Waals surface area contributed by atoms with Crippen molar-refractivity contribution in [3.63, 3.8) is 0 Å². The summed E-state index contributed by atoms with van der Waals surface area (Å²) in [5.74, 6) is -0.363. The third-order valence-electron chi connectivity index (χ3n) is 2.89. The van der Waals surface area contributed by atoms with Gasteiger partial charge in [0.05, 0.1) is 18.2 Å². The second kappa shape index (κ2) is 6.83. The quantitative estimate of drug-likeness (QED) is 0.490. The SMILES string of the molecule is COCCOC(=O)C1=C(C)NC(=S)NC1c1ccsc1. The fourth-order valence-corrected chi connectivity index (χ4v) is 2.91. The number of nitrogens with one attached hydrogen (secondary N) is 2. The summed E-state index contributed by atoms with van der Waals surface area (Å²) < 4.78 is 10.1. The molecule has 2 rings (SSSR count). The van der Waals surface area contributed by atoms with Crippen molar-refractivity contribution in [3.8, 4) is 0 Å². The van der Waals surface area contributed by atoms with Crippen molar-refractivity contribution < 1.29 is 14.3 Å². The molecule has 0 radical (unpaired) electrons. The molecule has 0 aliphatic carbocycles. The van der Waals surface area contributed by atoms with E-state index >= 15 is 0 Å². The Morgan fingerprint density at radius 2 is 2.30 bits per heavy atom. The first-order valence-electron chi connectivity index (χ1n) is 6.10. The summed E-state index contributed by atoms with van der Waals surface area (Å²) in [7, 11) is 1.56. The van der Waals surface area contributed by atoms with Gasteiger partial charge in [-0.1, -0.05) is 0 Å². The molecule has 1 aromatic rings. The largest absolute Gasteiger partial charge is 0.460 e. The number of hydrogen-bond acceptors (Lipinski definition) is 5. The molecule has 1 aromatic heterocycles. The Balaban J connectivity index is 2.22. The minimum absolute atomic E-state index is 0.229. The molecule has 2 N–H and O–H groups in total. The van der Waals surface area contributed by atoms with E-state index in [2.05, 4.69) is 10.6 Å².